The van der Waals surface area contributed by atoms with Crippen LogP contribution >= 0.6 is 0 Å². The van der Waals surface area contributed by atoms with Crippen molar-refractivity contribution in [1.29, 1.82) is 0 Å². The molecule has 1 heterocycles. The fraction of sp³-hybridized carbons (Fsp3) is 0.625. The fourth-order valence-corrected chi connectivity index (χ4v) is 2.91. The van der Waals surface area contributed by atoms with Crippen LogP contribution in [0, 0.1) is 12.8 Å². The van der Waals surface area contributed by atoms with E-state index in [0.29, 0.717) is 0 Å². The number of anilines is 1. The monoisotopic (exact) mass is 260 g/mol. The summed E-state index contributed by atoms with van der Waals surface area (Å²) >= 11 is 0. The van der Waals surface area contributed by atoms with Crippen molar-refractivity contribution in [2.24, 2.45) is 5.92 Å². The number of aryl methyl sites for hydroxylation is 1. The number of benzene rings is 1. The van der Waals surface area contributed by atoms with Crippen molar-refractivity contribution in [2.45, 2.75) is 26.4 Å². The number of hydrogen-bond donors (Lipinski definition) is 1. The molecule has 0 unspecified atom stereocenters. The van der Waals surface area contributed by atoms with Gasteiger partial charge in [-0.05, 0) is 48.9 Å². The molecule has 1 saturated carbocycles. The first-order chi connectivity index (χ1) is 9.26. The highest BCUT2D eigenvalue weighted by molar-refractivity contribution is 5.51. The Balaban J connectivity index is 1.59. The molecule has 2 fully saturated rings. The van der Waals surface area contributed by atoms with Crippen LogP contribution in [0.5, 0.6) is 0 Å². The molecule has 104 valence electrons. The Morgan fingerprint density at radius 3 is 2.47 bits per heavy atom. The van der Waals surface area contributed by atoms with Crippen LogP contribution in [0.3, 0.4) is 0 Å². The summed E-state index contributed by atoms with van der Waals surface area (Å²) in [5.41, 5.74) is 3.54. The van der Waals surface area contributed by atoms with Crippen molar-refractivity contribution in [3.8, 4) is 0 Å². The topological polar surface area (TPSA) is 26.7 Å². The molecule has 0 amide bonds. The van der Waals surface area contributed by atoms with Crippen molar-refractivity contribution in [3.05, 3.63) is 29.3 Å². The van der Waals surface area contributed by atoms with E-state index in [1.54, 1.807) is 0 Å². The van der Waals surface area contributed by atoms with Gasteiger partial charge in [0.25, 0.3) is 0 Å². The second-order valence-corrected chi connectivity index (χ2v) is 6.00. The zero-order valence-corrected chi connectivity index (χ0v) is 11.8. The Bertz CT molecular complexity index is 434. The molecular weight excluding hydrogens is 236 g/mol. The normalized spacial score (nSPS) is 20.8. The van der Waals surface area contributed by atoms with E-state index in [1.807, 2.05) is 0 Å². The van der Waals surface area contributed by atoms with E-state index >= 15 is 0 Å². The highest BCUT2D eigenvalue weighted by Crippen LogP contribution is 2.30. The van der Waals surface area contributed by atoms with Gasteiger partial charge in [-0.25, -0.2) is 0 Å². The predicted molar refractivity (Wildman–Crippen MR) is 78.5 cm³/mol. The van der Waals surface area contributed by atoms with Crippen LogP contribution in [0.1, 0.15) is 24.0 Å². The summed E-state index contributed by atoms with van der Waals surface area (Å²) < 4.78 is 0. The van der Waals surface area contributed by atoms with Gasteiger partial charge in [-0.1, -0.05) is 6.07 Å². The van der Waals surface area contributed by atoms with Gasteiger partial charge in [-0.15, -0.1) is 0 Å². The number of nitrogens with zero attached hydrogens (tertiary/aromatic N) is 2. The largest absolute Gasteiger partial charge is 0.392 e. The number of hydrogen-bond acceptors (Lipinski definition) is 3. The van der Waals surface area contributed by atoms with Crippen LogP contribution in [0.4, 0.5) is 5.69 Å². The second-order valence-electron chi connectivity index (χ2n) is 6.00. The lowest BCUT2D eigenvalue weighted by molar-refractivity contribution is 0.248. The summed E-state index contributed by atoms with van der Waals surface area (Å²) in [6.07, 6.45) is 2.89. The summed E-state index contributed by atoms with van der Waals surface area (Å²) in [6.45, 7) is 8.18. The zero-order chi connectivity index (χ0) is 13.2. The van der Waals surface area contributed by atoms with Crippen LogP contribution in [-0.4, -0.2) is 42.7 Å². The third-order valence-corrected chi connectivity index (χ3v) is 4.45. The van der Waals surface area contributed by atoms with Crippen LogP contribution < -0.4 is 4.90 Å². The van der Waals surface area contributed by atoms with E-state index in [-0.39, 0.29) is 6.61 Å². The van der Waals surface area contributed by atoms with E-state index in [2.05, 4.69) is 34.9 Å². The van der Waals surface area contributed by atoms with Crippen molar-refractivity contribution in [1.82, 2.24) is 4.90 Å². The molecule has 1 aromatic carbocycles. The second kappa shape index (κ2) is 5.51. The zero-order valence-electron chi connectivity index (χ0n) is 11.8. The smallest absolute Gasteiger partial charge is 0.0684 e. The van der Waals surface area contributed by atoms with E-state index in [4.69, 9.17) is 0 Å². The summed E-state index contributed by atoms with van der Waals surface area (Å²) in [5.74, 6) is 0.998. The molecule has 0 aromatic heterocycles. The van der Waals surface area contributed by atoms with Gasteiger partial charge in [0, 0.05) is 38.4 Å². The number of rotatable bonds is 4. The van der Waals surface area contributed by atoms with Crippen LogP contribution in [-0.2, 0) is 6.61 Å². The van der Waals surface area contributed by atoms with Gasteiger partial charge < -0.3 is 10.0 Å². The van der Waals surface area contributed by atoms with Gasteiger partial charge in [0.05, 0.1) is 6.61 Å². The van der Waals surface area contributed by atoms with Gasteiger partial charge in [0.2, 0.25) is 0 Å². The van der Waals surface area contributed by atoms with Crippen LogP contribution in [0.15, 0.2) is 18.2 Å². The highest BCUT2D eigenvalue weighted by Gasteiger charge is 2.26. The molecule has 3 nitrogen and oxygen atoms in total. The average Bonchev–Trinajstić information content (AvgIpc) is 3.23. The molecular formula is C16H24N2O. The Kier molecular flexibility index (Phi) is 3.76. The predicted octanol–water partition coefficient (Wildman–Crippen LogP) is 2.02. The van der Waals surface area contributed by atoms with Crippen molar-refractivity contribution in [3.63, 3.8) is 0 Å². The van der Waals surface area contributed by atoms with Gasteiger partial charge in [0.1, 0.15) is 0 Å². The molecule has 1 N–H and O–H groups in total. The van der Waals surface area contributed by atoms with Crippen LogP contribution in [0.2, 0.25) is 0 Å². The number of aliphatic hydroxyl groups excluding tert-OH is 1. The third-order valence-electron chi connectivity index (χ3n) is 4.45. The maximum atomic E-state index is 9.22. The van der Waals surface area contributed by atoms with Crippen LogP contribution in [0.25, 0.3) is 0 Å². The van der Waals surface area contributed by atoms with E-state index in [9.17, 15) is 5.11 Å². The summed E-state index contributed by atoms with van der Waals surface area (Å²) in [5, 5.41) is 9.22. The molecule has 1 aliphatic heterocycles. The molecule has 0 atom stereocenters. The molecule has 1 saturated heterocycles. The van der Waals surface area contributed by atoms with E-state index < -0.39 is 0 Å². The molecule has 3 rings (SSSR count). The van der Waals surface area contributed by atoms with E-state index in [1.165, 1.54) is 43.7 Å². The lowest BCUT2D eigenvalue weighted by Gasteiger charge is -2.36. The quantitative estimate of drug-likeness (QED) is 0.897. The van der Waals surface area contributed by atoms with Crippen molar-refractivity contribution < 1.29 is 5.11 Å². The maximum absolute atomic E-state index is 9.22. The molecule has 0 spiro atoms. The SMILES string of the molecule is Cc1cc(N2CCN(CC3CC3)CC2)ccc1CO. The minimum atomic E-state index is 0.140. The molecule has 2 aliphatic rings. The number of piperazine rings is 1. The molecule has 19 heavy (non-hydrogen) atoms. The Morgan fingerprint density at radius 1 is 1.16 bits per heavy atom. The van der Waals surface area contributed by atoms with Gasteiger partial charge in [-0.2, -0.15) is 0 Å². The maximum Gasteiger partial charge on any atom is 0.0684 e. The fourth-order valence-electron chi connectivity index (χ4n) is 2.91. The lowest BCUT2D eigenvalue weighted by Crippen LogP contribution is -2.47. The van der Waals surface area contributed by atoms with Gasteiger partial charge in [-0.3, -0.25) is 4.90 Å². The molecule has 0 bridgehead atoms. The van der Waals surface area contributed by atoms with Crippen molar-refractivity contribution >= 4 is 5.69 Å². The average molecular weight is 260 g/mol. The molecule has 0 radical (unpaired) electrons. The Morgan fingerprint density at radius 2 is 1.89 bits per heavy atom. The first kappa shape index (κ1) is 12.9. The standard InChI is InChI=1S/C16H24N2O/c1-13-10-16(5-4-15(13)12-19)18-8-6-17(7-9-18)11-14-2-3-14/h4-5,10,14,19H,2-3,6-9,11-12H2,1H3. The minimum absolute atomic E-state index is 0.140. The minimum Gasteiger partial charge on any atom is -0.392 e. The Labute approximate surface area is 115 Å². The molecule has 1 aliphatic carbocycles. The number of aliphatic hydroxyl groups is 1. The van der Waals surface area contributed by atoms with E-state index in [0.717, 1.165) is 24.6 Å². The van der Waals surface area contributed by atoms with Gasteiger partial charge >= 0.3 is 0 Å². The molecule has 3 heteroatoms. The third kappa shape index (κ3) is 3.10. The lowest BCUT2D eigenvalue weighted by atomic mass is 10.1. The van der Waals surface area contributed by atoms with Crippen molar-refractivity contribution in [2.75, 3.05) is 37.6 Å². The Hall–Kier alpha value is -1.06. The first-order valence-electron chi connectivity index (χ1n) is 7.44. The summed E-state index contributed by atoms with van der Waals surface area (Å²) in [6, 6.07) is 6.42. The highest BCUT2D eigenvalue weighted by atomic mass is 16.3. The molecule has 1 aromatic rings. The first-order valence-corrected chi connectivity index (χ1v) is 7.44. The van der Waals surface area contributed by atoms with Gasteiger partial charge in [0.15, 0.2) is 0 Å². The summed E-state index contributed by atoms with van der Waals surface area (Å²) in [7, 11) is 0. The summed E-state index contributed by atoms with van der Waals surface area (Å²) in [4.78, 5) is 5.08.